The molecule has 0 heterocycles. The fraction of sp³-hybridized carbons (Fsp3) is 0.655. The average molecular weight is 566 g/mol. The van der Waals surface area contributed by atoms with Crippen molar-refractivity contribution in [1.29, 1.82) is 0 Å². The molecule has 2 unspecified atom stereocenters. The maximum Gasteiger partial charge on any atom is 0.408 e. The van der Waals surface area contributed by atoms with Crippen LogP contribution in [0.5, 0.6) is 0 Å². The number of carbonyl (C=O) groups is 4. The molecule has 0 spiro atoms. The van der Waals surface area contributed by atoms with E-state index in [0.717, 1.165) is 31.2 Å². The number of benzene rings is 1. The Hall–Kier alpha value is -2.75. The van der Waals surface area contributed by atoms with Gasteiger partial charge in [-0.15, -0.1) is 0 Å². The first kappa shape index (κ1) is 34.3. The molecular weight excluding hydrogens is 518 g/mol. The Bertz CT molecular complexity index is 917. The van der Waals surface area contributed by atoms with Crippen molar-refractivity contribution < 1.29 is 28.7 Å². The predicted molar refractivity (Wildman–Crippen MR) is 156 cm³/mol. The molecule has 220 valence electrons. The first-order valence-electron chi connectivity index (χ1n) is 13.8. The van der Waals surface area contributed by atoms with Crippen molar-refractivity contribution in [1.82, 2.24) is 15.5 Å². The number of amides is 3. The third kappa shape index (κ3) is 13.2. The molecule has 0 aromatic heterocycles. The number of unbranched alkanes of at least 4 members (excludes halogenated alkanes) is 4. The third-order valence-corrected chi connectivity index (χ3v) is 6.21. The van der Waals surface area contributed by atoms with Crippen molar-refractivity contribution in [2.45, 2.75) is 97.8 Å². The van der Waals surface area contributed by atoms with Gasteiger partial charge in [-0.2, -0.15) is 12.6 Å². The molecule has 0 aliphatic heterocycles. The predicted octanol–water partition coefficient (Wildman–Crippen LogP) is 4.73. The summed E-state index contributed by atoms with van der Waals surface area (Å²) in [6.07, 6.45) is 4.06. The summed E-state index contributed by atoms with van der Waals surface area (Å²) >= 11 is 4.32. The van der Waals surface area contributed by atoms with Crippen LogP contribution in [-0.2, 0) is 23.9 Å². The summed E-state index contributed by atoms with van der Waals surface area (Å²) in [4.78, 5) is 53.3. The van der Waals surface area contributed by atoms with Gasteiger partial charge < -0.3 is 25.0 Å². The lowest BCUT2D eigenvalue weighted by atomic mass is 10.0. The molecule has 3 amide bonds. The van der Waals surface area contributed by atoms with Gasteiger partial charge in [0, 0.05) is 18.8 Å². The minimum Gasteiger partial charge on any atom is -0.466 e. The number of ether oxygens (including phenoxy) is 2. The summed E-state index contributed by atoms with van der Waals surface area (Å²) in [5, 5.41) is 5.41. The maximum atomic E-state index is 13.9. The summed E-state index contributed by atoms with van der Waals surface area (Å²) in [6, 6.07) is 5.44. The number of esters is 1. The Morgan fingerprint density at radius 3 is 2.21 bits per heavy atom. The molecule has 0 aliphatic carbocycles. The van der Waals surface area contributed by atoms with Crippen LogP contribution in [0, 0.1) is 6.92 Å². The zero-order valence-corrected chi connectivity index (χ0v) is 25.3. The highest BCUT2D eigenvalue weighted by molar-refractivity contribution is 7.80. The van der Waals surface area contributed by atoms with Gasteiger partial charge in [0.15, 0.2) is 0 Å². The van der Waals surface area contributed by atoms with Crippen molar-refractivity contribution in [2.24, 2.45) is 0 Å². The molecule has 0 radical (unpaired) electrons. The Morgan fingerprint density at radius 2 is 1.64 bits per heavy atom. The van der Waals surface area contributed by atoms with Crippen LogP contribution in [0.1, 0.15) is 90.3 Å². The van der Waals surface area contributed by atoms with Crippen LogP contribution in [0.3, 0.4) is 0 Å². The Kier molecular flexibility index (Phi) is 15.6. The SMILES string of the molecule is CCCCCCCN(C(=O)C(CS)NC(=O)OC(C)(C)C)C(C(=O)NCCC(=O)OCC)c1ccc(C)cc1. The second-order valence-electron chi connectivity index (χ2n) is 10.5. The van der Waals surface area contributed by atoms with Crippen molar-refractivity contribution in [2.75, 3.05) is 25.4 Å². The number of carbonyl (C=O) groups excluding carboxylic acids is 4. The fourth-order valence-corrected chi connectivity index (χ4v) is 4.17. The highest BCUT2D eigenvalue weighted by Crippen LogP contribution is 2.24. The lowest BCUT2D eigenvalue weighted by Crippen LogP contribution is -2.54. The van der Waals surface area contributed by atoms with Crippen LogP contribution >= 0.6 is 12.6 Å². The van der Waals surface area contributed by atoms with Crippen LogP contribution in [0.4, 0.5) is 4.79 Å². The number of rotatable bonds is 16. The molecule has 1 aromatic carbocycles. The number of aryl methyl sites for hydroxylation is 1. The molecule has 0 saturated heterocycles. The second kappa shape index (κ2) is 17.8. The average Bonchev–Trinajstić information content (AvgIpc) is 2.86. The highest BCUT2D eigenvalue weighted by Gasteiger charge is 2.35. The van der Waals surface area contributed by atoms with E-state index in [2.05, 4.69) is 30.2 Å². The zero-order valence-electron chi connectivity index (χ0n) is 24.4. The second-order valence-corrected chi connectivity index (χ2v) is 10.9. The topological polar surface area (TPSA) is 114 Å². The zero-order chi connectivity index (χ0) is 29.4. The van der Waals surface area contributed by atoms with Crippen LogP contribution in [0.25, 0.3) is 0 Å². The van der Waals surface area contributed by atoms with Gasteiger partial charge in [-0.25, -0.2) is 4.79 Å². The molecule has 2 N–H and O–H groups in total. The number of hydrogen-bond donors (Lipinski definition) is 3. The van der Waals surface area contributed by atoms with Gasteiger partial charge in [0.1, 0.15) is 17.7 Å². The quantitative estimate of drug-likeness (QED) is 0.152. The van der Waals surface area contributed by atoms with E-state index in [1.807, 2.05) is 31.2 Å². The van der Waals surface area contributed by atoms with Gasteiger partial charge in [-0.3, -0.25) is 14.4 Å². The number of alkyl carbamates (subject to hydrolysis) is 1. The Balaban J connectivity index is 3.30. The molecule has 0 fully saturated rings. The van der Waals surface area contributed by atoms with E-state index < -0.39 is 41.6 Å². The summed E-state index contributed by atoms with van der Waals surface area (Å²) in [7, 11) is 0. The minimum absolute atomic E-state index is 0.0185. The largest absolute Gasteiger partial charge is 0.466 e. The fourth-order valence-electron chi connectivity index (χ4n) is 3.93. The van der Waals surface area contributed by atoms with Crippen LogP contribution in [0.2, 0.25) is 0 Å². The molecule has 0 bridgehead atoms. The van der Waals surface area contributed by atoms with Gasteiger partial charge in [0.2, 0.25) is 11.8 Å². The summed E-state index contributed by atoms with van der Waals surface area (Å²) in [6.45, 7) is 11.6. The van der Waals surface area contributed by atoms with E-state index in [1.165, 1.54) is 4.90 Å². The molecule has 10 heteroatoms. The van der Waals surface area contributed by atoms with E-state index in [-0.39, 0.29) is 25.3 Å². The molecular formula is C29H47N3O6S. The molecule has 0 saturated carbocycles. The smallest absolute Gasteiger partial charge is 0.408 e. The first-order chi connectivity index (χ1) is 18.4. The summed E-state index contributed by atoms with van der Waals surface area (Å²) < 4.78 is 10.3. The van der Waals surface area contributed by atoms with Crippen molar-refractivity contribution in [3.63, 3.8) is 0 Å². The summed E-state index contributed by atoms with van der Waals surface area (Å²) in [5.41, 5.74) is 0.903. The van der Waals surface area contributed by atoms with Gasteiger partial charge in [0.05, 0.1) is 13.0 Å². The van der Waals surface area contributed by atoms with Crippen molar-refractivity contribution >= 4 is 36.5 Å². The van der Waals surface area contributed by atoms with Crippen LogP contribution in [0.15, 0.2) is 24.3 Å². The standard InChI is InChI=1S/C29H47N3O6S/c1-7-9-10-11-12-19-32(27(35)23(20-39)31-28(36)38-29(4,5)6)25(22-15-13-21(3)14-16-22)26(34)30-18-17-24(33)37-8-2/h13-16,23,25,39H,7-12,17-20H2,1-6H3,(H,30,34)(H,31,36). The maximum absolute atomic E-state index is 13.9. The first-order valence-corrected chi connectivity index (χ1v) is 14.5. The van der Waals surface area contributed by atoms with Crippen molar-refractivity contribution in [3.05, 3.63) is 35.4 Å². The number of nitrogens with zero attached hydrogens (tertiary/aromatic N) is 1. The van der Waals surface area contributed by atoms with E-state index in [4.69, 9.17) is 9.47 Å². The van der Waals surface area contributed by atoms with Crippen molar-refractivity contribution in [3.8, 4) is 0 Å². The summed E-state index contributed by atoms with van der Waals surface area (Å²) in [5.74, 6) is -1.24. The molecule has 1 aromatic rings. The molecule has 1 rings (SSSR count). The minimum atomic E-state index is -1.00. The van der Waals surface area contributed by atoms with Gasteiger partial charge >= 0.3 is 12.1 Å². The number of thiol groups is 1. The van der Waals surface area contributed by atoms with Gasteiger partial charge in [-0.05, 0) is 46.6 Å². The molecule has 39 heavy (non-hydrogen) atoms. The van der Waals surface area contributed by atoms with E-state index in [0.29, 0.717) is 18.5 Å². The lowest BCUT2D eigenvalue weighted by molar-refractivity contribution is -0.144. The monoisotopic (exact) mass is 565 g/mol. The molecule has 9 nitrogen and oxygen atoms in total. The molecule has 2 atom stereocenters. The normalized spacial score (nSPS) is 12.7. The third-order valence-electron chi connectivity index (χ3n) is 5.84. The highest BCUT2D eigenvalue weighted by atomic mass is 32.1. The van der Waals surface area contributed by atoms with E-state index >= 15 is 0 Å². The Labute approximate surface area is 239 Å². The lowest BCUT2D eigenvalue weighted by Gasteiger charge is -2.34. The number of hydrogen-bond acceptors (Lipinski definition) is 7. The van der Waals surface area contributed by atoms with E-state index in [9.17, 15) is 19.2 Å². The van der Waals surface area contributed by atoms with Crippen LogP contribution in [-0.4, -0.2) is 65.9 Å². The van der Waals surface area contributed by atoms with E-state index in [1.54, 1.807) is 27.7 Å². The van der Waals surface area contributed by atoms with Gasteiger partial charge in [0.25, 0.3) is 0 Å². The van der Waals surface area contributed by atoms with Gasteiger partial charge in [-0.1, -0.05) is 62.4 Å². The Morgan fingerprint density at radius 1 is 1.00 bits per heavy atom. The number of nitrogens with one attached hydrogen (secondary N) is 2. The molecule has 0 aliphatic rings. The van der Waals surface area contributed by atoms with Crippen LogP contribution < -0.4 is 10.6 Å².